The third-order valence-electron chi connectivity index (χ3n) is 4.13. The first-order valence-electron chi connectivity index (χ1n) is 7.98. The molecule has 0 N–H and O–H groups in total. The molecule has 2 aromatic carbocycles. The molecule has 0 bridgehead atoms. The fourth-order valence-electron chi connectivity index (χ4n) is 2.87. The molecule has 6 heteroatoms. The summed E-state index contributed by atoms with van der Waals surface area (Å²) >= 11 is 12.2. The van der Waals surface area contributed by atoms with Crippen molar-refractivity contribution in [1.29, 1.82) is 0 Å². The molecule has 2 aromatic heterocycles. The van der Waals surface area contributed by atoms with Crippen LogP contribution in [0.4, 0.5) is 0 Å². The van der Waals surface area contributed by atoms with Gasteiger partial charge in [-0.05, 0) is 35.9 Å². The summed E-state index contributed by atoms with van der Waals surface area (Å²) in [5.41, 5.74) is 2.10. The van der Waals surface area contributed by atoms with E-state index in [1.54, 1.807) is 30.5 Å². The third kappa shape index (κ3) is 3.09. The van der Waals surface area contributed by atoms with Crippen molar-refractivity contribution in [3.8, 4) is 11.3 Å². The first kappa shape index (κ1) is 16.8. The van der Waals surface area contributed by atoms with Gasteiger partial charge in [-0.3, -0.25) is 4.79 Å². The van der Waals surface area contributed by atoms with Crippen molar-refractivity contribution < 1.29 is 0 Å². The summed E-state index contributed by atoms with van der Waals surface area (Å²) in [5, 5.41) is 6.93. The average molecular weight is 382 g/mol. The van der Waals surface area contributed by atoms with Crippen molar-refractivity contribution in [1.82, 2.24) is 14.8 Å². The zero-order valence-electron chi connectivity index (χ0n) is 13.6. The van der Waals surface area contributed by atoms with Gasteiger partial charge in [0.05, 0.1) is 11.9 Å². The van der Waals surface area contributed by atoms with Gasteiger partial charge in [-0.25, -0.2) is 9.67 Å². The number of fused-ring (bicyclic) bond motifs is 1. The molecule has 0 saturated heterocycles. The molecule has 0 spiro atoms. The lowest BCUT2D eigenvalue weighted by Crippen LogP contribution is -2.24. The van der Waals surface area contributed by atoms with Gasteiger partial charge in [-0.2, -0.15) is 5.10 Å². The van der Waals surface area contributed by atoms with Gasteiger partial charge in [0.1, 0.15) is 10.8 Å². The number of nitrogens with zero attached hydrogens (tertiary/aromatic N) is 3. The van der Waals surface area contributed by atoms with Crippen LogP contribution in [-0.2, 0) is 6.54 Å². The second-order valence-electron chi connectivity index (χ2n) is 5.83. The zero-order chi connectivity index (χ0) is 18.1. The Hall–Kier alpha value is -2.69. The van der Waals surface area contributed by atoms with Crippen LogP contribution in [-0.4, -0.2) is 14.8 Å². The lowest BCUT2D eigenvalue weighted by Gasteiger charge is -2.12. The largest absolute Gasteiger partial charge is 0.274 e. The van der Waals surface area contributed by atoms with Gasteiger partial charge < -0.3 is 0 Å². The minimum Gasteiger partial charge on any atom is -0.267 e. The standard InChI is InChI=1S/C20H13Cl2N3O/c21-14-9-7-13(8-10-14)12-25-20(26)16-5-2-1-4-15(16)18(24-25)17-6-3-11-23-19(17)22/h1-11H,12H2. The Morgan fingerprint density at radius 3 is 2.35 bits per heavy atom. The molecule has 128 valence electrons. The second kappa shape index (κ2) is 6.90. The number of benzene rings is 2. The number of aromatic nitrogens is 3. The normalized spacial score (nSPS) is 11.0. The molecule has 4 nitrogen and oxygen atoms in total. The Morgan fingerprint density at radius 2 is 1.62 bits per heavy atom. The van der Waals surface area contributed by atoms with E-state index in [0.29, 0.717) is 33.4 Å². The van der Waals surface area contributed by atoms with Gasteiger partial charge in [-0.1, -0.05) is 53.5 Å². The van der Waals surface area contributed by atoms with Gasteiger partial charge in [0.15, 0.2) is 0 Å². The van der Waals surface area contributed by atoms with E-state index >= 15 is 0 Å². The van der Waals surface area contributed by atoms with Crippen LogP contribution in [0.25, 0.3) is 22.0 Å². The van der Waals surface area contributed by atoms with Crippen molar-refractivity contribution in [3.05, 3.63) is 93.0 Å². The Kier molecular flexibility index (Phi) is 4.45. The fraction of sp³-hybridized carbons (Fsp3) is 0.0500. The van der Waals surface area contributed by atoms with E-state index in [-0.39, 0.29) is 5.56 Å². The molecule has 2 heterocycles. The maximum absolute atomic E-state index is 12.9. The number of hydrogen-bond donors (Lipinski definition) is 0. The smallest absolute Gasteiger partial charge is 0.267 e. The molecule has 0 atom stereocenters. The SMILES string of the molecule is O=c1c2ccccc2c(-c2cccnc2Cl)nn1Cc1ccc(Cl)cc1. The maximum Gasteiger partial charge on any atom is 0.274 e. The maximum atomic E-state index is 12.9. The summed E-state index contributed by atoms with van der Waals surface area (Å²) in [5.74, 6) is 0. The molecule has 26 heavy (non-hydrogen) atoms. The molecule has 0 amide bonds. The van der Waals surface area contributed by atoms with E-state index in [1.165, 1.54) is 4.68 Å². The van der Waals surface area contributed by atoms with Gasteiger partial charge >= 0.3 is 0 Å². The van der Waals surface area contributed by atoms with E-state index in [4.69, 9.17) is 23.2 Å². The highest BCUT2D eigenvalue weighted by Gasteiger charge is 2.14. The van der Waals surface area contributed by atoms with Crippen molar-refractivity contribution in [2.24, 2.45) is 0 Å². The minimum absolute atomic E-state index is 0.153. The number of pyridine rings is 1. The highest BCUT2D eigenvalue weighted by Crippen LogP contribution is 2.29. The Morgan fingerprint density at radius 1 is 0.885 bits per heavy atom. The van der Waals surface area contributed by atoms with Crippen LogP contribution >= 0.6 is 23.2 Å². The van der Waals surface area contributed by atoms with Crippen molar-refractivity contribution in [2.75, 3.05) is 0 Å². The Balaban J connectivity index is 1.94. The summed E-state index contributed by atoms with van der Waals surface area (Å²) in [4.78, 5) is 17.0. The molecule has 0 aliphatic rings. The van der Waals surface area contributed by atoms with Crippen LogP contribution in [0.2, 0.25) is 10.2 Å². The summed E-state index contributed by atoms with van der Waals surface area (Å²) in [6.45, 7) is 0.339. The monoisotopic (exact) mass is 381 g/mol. The fourth-order valence-corrected chi connectivity index (χ4v) is 3.20. The summed E-state index contributed by atoms with van der Waals surface area (Å²) < 4.78 is 1.45. The van der Waals surface area contributed by atoms with Crippen LogP contribution in [0.1, 0.15) is 5.56 Å². The van der Waals surface area contributed by atoms with Crippen molar-refractivity contribution in [2.45, 2.75) is 6.54 Å². The van der Waals surface area contributed by atoms with Gasteiger partial charge in [0, 0.05) is 22.2 Å². The first-order chi connectivity index (χ1) is 12.6. The third-order valence-corrected chi connectivity index (χ3v) is 4.68. The predicted molar refractivity (Wildman–Crippen MR) is 105 cm³/mol. The molecular weight excluding hydrogens is 369 g/mol. The van der Waals surface area contributed by atoms with Gasteiger partial charge in [-0.15, -0.1) is 0 Å². The lowest BCUT2D eigenvalue weighted by atomic mass is 10.1. The van der Waals surface area contributed by atoms with E-state index in [9.17, 15) is 4.79 Å². The number of halogens is 2. The average Bonchev–Trinajstić information content (AvgIpc) is 2.66. The molecule has 0 aliphatic heterocycles. The predicted octanol–water partition coefficient (Wildman–Crippen LogP) is 4.81. The summed E-state index contributed by atoms with van der Waals surface area (Å²) in [6.07, 6.45) is 1.62. The molecular formula is C20H13Cl2N3O. The van der Waals surface area contributed by atoms with E-state index in [2.05, 4.69) is 10.1 Å². The molecule has 0 aliphatic carbocycles. The molecule has 0 unspecified atom stereocenters. The molecule has 0 radical (unpaired) electrons. The van der Waals surface area contributed by atoms with Crippen LogP contribution < -0.4 is 5.56 Å². The first-order valence-corrected chi connectivity index (χ1v) is 8.74. The van der Waals surface area contributed by atoms with E-state index in [0.717, 1.165) is 10.9 Å². The highest BCUT2D eigenvalue weighted by molar-refractivity contribution is 6.32. The van der Waals surface area contributed by atoms with Gasteiger partial charge in [0.25, 0.3) is 5.56 Å². The van der Waals surface area contributed by atoms with E-state index < -0.39 is 0 Å². The summed E-state index contributed by atoms with van der Waals surface area (Å²) in [6, 6.07) is 18.4. The van der Waals surface area contributed by atoms with Crippen molar-refractivity contribution in [3.63, 3.8) is 0 Å². The quantitative estimate of drug-likeness (QED) is 0.478. The molecule has 0 saturated carbocycles. The van der Waals surface area contributed by atoms with Crippen LogP contribution in [0.5, 0.6) is 0 Å². The van der Waals surface area contributed by atoms with Crippen molar-refractivity contribution >= 4 is 34.0 Å². The topological polar surface area (TPSA) is 47.8 Å². The number of hydrogen-bond acceptors (Lipinski definition) is 3. The molecule has 4 aromatic rings. The number of rotatable bonds is 3. The Labute approximate surface area is 159 Å². The van der Waals surface area contributed by atoms with Gasteiger partial charge in [0.2, 0.25) is 0 Å². The summed E-state index contributed by atoms with van der Waals surface area (Å²) in [7, 11) is 0. The highest BCUT2D eigenvalue weighted by atomic mass is 35.5. The Bertz CT molecular complexity index is 1150. The van der Waals surface area contributed by atoms with Crippen LogP contribution in [0.3, 0.4) is 0 Å². The minimum atomic E-state index is -0.153. The second-order valence-corrected chi connectivity index (χ2v) is 6.62. The lowest BCUT2D eigenvalue weighted by molar-refractivity contribution is 0.651. The van der Waals surface area contributed by atoms with E-state index in [1.807, 2.05) is 36.4 Å². The molecule has 4 rings (SSSR count). The van der Waals surface area contributed by atoms with Crippen LogP contribution in [0.15, 0.2) is 71.7 Å². The van der Waals surface area contributed by atoms with Crippen LogP contribution in [0, 0.1) is 0 Å². The molecule has 0 fully saturated rings. The zero-order valence-corrected chi connectivity index (χ0v) is 15.1.